The monoisotopic (exact) mass is 336 g/mol. The minimum atomic E-state index is 0.0772. The van der Waals surface area contributed by atoms with E-state index in [0.717, 1.165) is 17.1 Å². The first-order chi connectivity index (χ1) is 12.2. The Hall–Kier alpha value is -3.22. The van der Waals surface area contributed by atoms with Gasteiger partial charge in [0.25, 0.3) is 0 Å². The first kappa shape index (κ1) is 16.6. The van der Waals surface area contributed by atoms with E-state index >= 15 is 0 Å². The van der Waals surface area contributed by atoms with Crippen molar-refractivity contribution in [3.63, 3.8) is 0 Å². The van der Waals surface area contributed by atoms with E-state index in [1.165, 1.54) is 0 Å². The molecule has 128 valence electrons. The molecule has 0 atom stereocenters. The number of pyridine rings is 1. The zero-order valence-electron chi connectivity index (χ0n) is 14.2. The summed E-state index contributed by atoms with van der Waals surface area (Å²) in [5.41, 5.74) is 1.71. The predicted molar refractivity (Wildman–Crippen MR) is 96.9 cm³/mol. The van der Waals surface area contributed by atoms with Crippen LogP contribution in [-0.4, -0.2) is 26.3 Å². The summed E-state index contributed by atoms with van der Waals surface area (Å²) in [6, 6.07) is 13.4. The van der Waals surface area contributed by atoms with Crippen molar-refractivity contribution in [2.24, 2.45) is 0 Å². The maximum Gasteiger partial charge on any atom is 0.249 e. The first-order valence-electron chi connectivity index (χ1n) is 8.07. The zero-order valence-corrected chi connectivity index (χ0v) is 14.2. The Morgan fingerprint density at radius 1 is 1.08 bits per heavy atom. The number of aromatic nitrogens is 4. The van der Waals surface area contributed by atoms with Gasteiger partial charge in [-0.2, -0.15) is 10.1 Å². The molecule has 0 fully saturated rings. The molecule has 0 aliphatic carbocycles. The Balaban J connectivity index is 1.70. The fourth-order valence-electron chi connectivity index (χ4n) is 2.17. The maximum atomic E-state index is 5.79. The molecule has 7 nitrogen and oxygen atoms in total. The highest BCUT2D eigenvalue weighted by Crippen LogP contribution is 2.27. The third-order valence-electron chi connectivity index (χ3n) is 3.23. The smallest absolute Gasteiger partial charge is 0.249 e. The minimum Gasteiger partial charge on any atom is -0.489 e. The van der Waals surface area contributed by atoms with Crippen molar-refractivity contribution in [1.29, 1.82) is 0 Å². The number of anilines is 3. The van der Waals surface area contributed by atoms with Gasteiger partial charge in [-0.1, -0.05) is 18.2 Å². The van der Waals surface area contributed by atoms with Crippen LogP contribution in [0.2, 0.25) is 0 Å². The summed E-state index contributed by atoms with van der Waals surface area (Å²) in [6.07, 6.45) is 3.41. The van der Waals surface area contributed by atoms with Crippen LogP contribution in [0.25, 0.3) is 0 Å². The van der Waals surface area contributed by atoms with Gasteiger partial charge in [0.1, 0.15) is 5.75 Å². The largest absolute Gasteiger partial charge is 0.489 e. The van der Waals surface area contributed by atoms with Gasteiger partial charge in [-0.05, 0) is 38.1 Å². The average Bonchev–Trinajstić information content (AvgIpc) is 2.62. The predicted octanol–water partition coefficient (Wildman–Crippen LogP) is 3.41. The number of rotatable bonds is 7. The Bertz CT molecular complexity index is 809. The number of hydrogen-bond donors (Lipinski definition) is 2. The zero-order chi connectivity index (χ0) is 17.5. The van der Waals surface area contributed by atoms with Crippen molar-refractivity contribution < 1.29 is 4.74 Å². The van der Waals surface area contributed by atoms with Crippen LogP contribution in [0.3, 0.4) is 0 Å². The van der Waals surface area contributed by atoms with Gasteiger partial charge < -0.3 is 15.4 Å². The Labute approximate surface area is 146 Å². The number of hydrogen-bond acceptors (Lipinski definition) is 7. The summed E-state index contributed by atoms with van der Waals surface area (Å²) in [6.45, 7) is 4.53. The molecule has 0 aliphatic rings. The summed E-state index contributed by atoms with van der Waals surface area (Å²) in [4.78, 5) is 8.69. The highest BCUT2D eigenvalue weighted by molar-refractivity contribution is 5.62. The lowest BCUT2D eigenvalue weighted by atomic mass is 10.3. The third kappa shape index (κ3) is 4.87. The van der Waals surface area contributed by atoms with Crippen molar-refractivity contribution in [3.8, 4) is 5.75 Å². The van der Waals surface area contributed by atoms with Crippen LogP contribution in [0.15, 0.2) is 54.9 Å². The lowest BCUT2D eigenvalue weighted by Gasteiger charge is -2.14. The highest BCUT2D eigenvalue weighted by atomic mass is 16.5. The van der Waals surface area contributed by atoms with E-state index < -0.39 is 0 Å². The van der Waals surface area contributed by atoms with E-state index in [1.54, 1.807) is 12.4 Å². The van der Waals surface area contributed by atoms with Crippen LogP contribution in [0, 0.1) is 0 Å². The molecule has 3 rings (SSSR count). The molecule has 7 heteroatoms. The number of ether oxygens (including phenoxy) is 1. The van der Waals surface area contributed by atoms with Crippen molar-refractivity contribution in [1.82, 2.24) is 20.2 Å². The number of para-hydroxylation sites is 2. The van der Waals surface area contributed by atoms with Gasteiger partial charge in [-0.3, -0.25) is 4.98 Å². The lowest BCUT2D eigenvalue weighted by molar-refractivity contribution is 0.244. The molecule has 3 aromatic rings. The SMILES string of the molecule is CC(C)Oc1ccccc1Nc1nncc(NCc2ccccn2)n1. The van der Waals surface area contributed by atoms with Crippen LogP contribution in [0.5, 0.6) is 5.75 Å². The van der Waals surface area contributed by atoms with Crippen LogP contribution in [0.1, 0.15) is 19.5 Å². The second kappa shape index (κ2) is 8.05. The van der Waals surface area contributed by atoms with E-state index in [1.807, 2.05) is 56.3 Å². The van der Waals surface area contributed by atoms with Gasteiger partial charge in [0.2, 0.25) is 5.95 Å². The second-order valence-corrected chi connectivity index (χ2v) is 5.63. The van der Waals surface area contributed by atoms with Gasteiger partial charge in [-0.15, -0.1) is 5.10 Å². The van der Waals surface area contributed by atoms with Gasteiger partial charge in [-0.25, -0.2) is 0 Å². The fourth-order valence-corrected chi connectivity index (χ4v) is 2.17. The first-order valence-corrected chi connectivity index (χ1v) is 8.07. The molecule has 25 heavy (non-hydrogen) atoms. The fraction of sp³-hybridized carbons (Fsp3) is 0.222. The summed E-state index contributed by atoms with van der Waals surface area (Å²) >= 11 is 0. The number of nitrogens with one attached hydrogen (secondary N) is 2. The molecule has 1 aromatic carbocycles. The minimum absolute atomic E-state index is 0.0772. The molecule has 0 radical (unpaired) electrons. The molecule has 0 bridgehead atoms. The van der Waals surface area contributed by atoms with Crippen LogP contribution < -0.4 is 15.4 Å². The van der Waals surface area contributed by atoms with Crippen molar-refractivity contribution in [2.45, 2.75) is 26.5 Å². The molecule has 2 N–H and O–H groups in total. The molecular weight excluding hydrogens is 316 g/mol. The van der Waals surface area contributed by atoms with Gasteiger partial charge in [0, 0.05) is 6.20 Å². The quantitative estimate of drug-likeness (QED) is 0.684. The summed E-state index contributed by atoms with van der Waals surface area (Å²) in [5, 5.41) is 14.3. The lowest BCUT2D eigenvalue weighted by Crippen LogP contribution is -2.09. The Kier molecular flexibility index (Phi) is 5.36. The molecule has 0 aliphatic heterocycles. The highest BCUT2D eigenvalue weighted by Gasteiger charge is 2.08. The molecule has 2 aromatic heterocycles. The van der Waals surface area contributed by atoms with Gasteiger partial charge in [0.15, 0.2) is 5.82 Å². The molecule has 0 spiro atoms. The third-order valence-corrected chi connectivity index (χ3v) is 3.23. The van der Waals surface area contributed by atoms with Crippen molar-refractivity contribution >= 4 is 17.5 Å². The Morgan fingerprint density at radius 2 is 1.92 bits per heavy atom. The topological polar surface area (TPSA) is 84.9 Å². The Morgan fingerprint density at radius 3 is 2.72 bits per heavy atom. The molecule has 2 heterocycles. The molecular formula is C18H20N6O. The molecule has 0 saturated heterocycles. The van der Waals surface area contributed by atoms with Crippen LogP contribution in [0.4, 0.5) is 17.5 Å². The maximum absolute atomic E-state index is 5.79. The summed E-state index contributed by atoms with van der Waals surface area (Å²) < 4.78 is 5.79. The normalized spacial score (nSPS) is 10.5. The summed E-state index contributed by atoms with van der Waals surface area (Å²) in [5.74, 6) is 1.75. The molecule has 0 amide bonds. The molecule has 0 unspecified atom stereocenters. The second-order valence-electron chi connectivity index (χ2n) is 5.63. The van der Waals surface area contributed by atoms with Gasteiger partial charge >= 0.3 is 0 Å². The van der Waals surface area contributed by atoms with Crippen LogP contribution >= 0.6 is 0 Å². The van der Waals surface area contributed by atoms with Crippen LogP contribution in [-0.2, 0) is 6.54 Å². The molecule has 0 saturated carbocycles. The standard InChI is InChI=1S/C18H20N6O/c1-13(2)25-16-9-4-3-8-15(16)22-18-23-17(12-21-24-18)20-11-14-7-5-6-10-19-14/h3-10,12-13H,11H2,1-2H3,(H2,20,22,23,24). The van der Waals surface area contributed by atoms with Crippen molar-refractivity contribution in [3.05, 3.63) is 60.6 Å². The van der Waals surface area contributed by atoms with E-state index in [0.29, 0.717) is 18.3 Å². The summed E-state index contributed by atoms with van der Waals surface area (Å²) in [7, 11) is 0. The van der Waals surface area contributed by atoms with E-state index in [-0.39, 0.29) is 6.10 Å². The van der Waals surface area contributed by atoms with E-state index in [4.69, 9.17) is 4.74 Å². The van der Waals surface area contributed by atoms with Gasteiger partial charge in [0.05, 0.1) is 30.2 Å². The number of nitrogens with zero attached hydrogens (tertiary/aromatic N) is 4. The van der Waals surface area contributed by atoms with E-state index in [9.17, 15) is 0 Å². The number of benzene rings is 1. The van der Waals surface area contributed by atoms with Crippen molar-refractivity contribution in [2.75, 3.05) is 10.6 Å². The average molecular weight is 336 g/mol. The van der Waals surface area contributed by atoms with E-state index in [2.05, 4.69) is 30.8 Å².